The molecule has 0 aromatic heterocycles. The van der Waals surface area contributed by atoms with E-state index in [9.17, 15) is 4.79 Å². The average Bonchev–Trinajstić information content (AvgIpc) is 2.59. The Morgan fingerprint density at radius 1 is 1.29 bits per heavy atom. The number of ether oxygens (including phenoxy) is 1. The number of hydrogen-bond acceptors (Lipinski definition) is 2. The van der Waals surface area contributed by atoms with Crippen molar-refractivity contribution in [3.8, 4) is 0 Å². The van der Waals surface area contributed by atoms with Gasteiger partial charge in [0, 0.05) is 13.1 Å². The summed E-state index contributed by atoms with van der Waals surface area (Å²) in [4.78, 5) is 14.0. The smallest absolute Gasteiger partial charge is 0.410 e. The highest BCUT2D eigenvalue weighted by Crippen LogP contribution is 2.23. The first-order chi connectivity index (χ1) is 9.80. The third-order valence-corrected chi connectivity index (χ3v) is 3.76. The van der Waals surface area contributed by atoms with E-state index in [2.05, 4.69) is 25.6 Å². The third-order valence-electron chi connectivity index (χ3n) is 3.76. The molecular formula is C18H25NO2. The Bertz CT molecular complexity index is 555. The van der Waals surface area contributed by atoms with Crippen molar-refractivity contribution in [1.29, 1.82) is 0 Å². The van der Waals surface area contributed by atoms with E-state index >= 15 is 0 Å². The molecule has 0 spiro atoms. The van der Waals surface area contributed by atoms with Gasteiger partial charge in [0.25, 0.3) is 0 Å². The van der Waals surface area contributed by atoms with Crippen molar-refractivity contribution in [1.82, 2.24) is 4.90 Å². The summed E-state index contributed by atoms with van der Waals surface area (Å²) in [5.74, 6) is 0. The zero-order valence-electron chi connectivity index (χ0n) is 13.5. The fourth-order valence-corrected chi connectivity index (χ4v) is 2.74. The SMILES string of the molecule is C=Cc1cc(C)c2c(c1)CCN(C(=O)OC(C)(C)C)CC2. The normalized spacial score (nSPS) is 15.1. The van der Waals surface area contributed by atoms with E-state index < -0.39 is 5.60 Å². The zero-order valence-corrected chi connectivity index (χ0v) is 13.5. The van der Waals surface area contributed by atoms with Crippen LogP contribution in [0.3, 0.4) is 0 Å². The van der Waals surface area contributed by atoms with Crippen LogP contribution in [-0.2, 0) is 17.6 Å². The maximum absolute atomic E-state index is 12.2. The second-order valence-electron chi connectivity index (χ2n) is 6.65. The van der Waals surface area contributed by atoms with Crippen LogP contribution >= 0.6 is 0 Å². The van der Waals surface area contributed by atoms with Crippen LogP contribution < -0.4 is 0 Å². The molecule has 1 aliphatic rings. The molecule has 0 saturated heterocycles. The Morgan fingerprint density at radius 3 is 2.57 bits per heavy atom. The Balaban J connectivity index is 2.15. The Labute approximate surface area is 127 Å². The summed E-state index contributed by atoms with van der Waals surface area (Å²) >= 11 is 0. The van der Waals surface area contributed by atoms with Crippen LogP contribution in [0.1, 0.15) is 43.0 Å². The van der Waals surface area contributed by atoms with Crippen LogP contribution in [0.25, 0.3) is 6.08 Å². The standard InChI is InChI=1S/C18H25NO2/c1-6-14-11-13(2)16-8-10-19(9-7-15(16)12-14)17(20)21-18(3,4)5/h6,11-12H,1,7-10H2,2-5H3. The van der Waals surface area contributed by atoms with Gasteiger partial charge in [-0.1, -0.05) is 24.8 Å². The Morgan fingerprint density at radius 2 is 1.95 bits per heavy atom. The molecule has 1 amide bonds. The van der Waals surface area contributed by atoms with Gasteiger partial charge in [-0.3, -0.25) is 0 Å². The summed E-state index contributed by atoms with van der Waals surface area (Å²) in [6.45, 7) is 13.1. The van der Waals surface area contributed by atoms with Gasteiger partial charge in [-0.15, -0.1) is 0 Å². The molecular weight excluding hydrogens is 262 g/mol. The monoisotopic (exact) mass is 287 g/mol. The van der Waals surface area contributed by atoms with E-state index in [1.165, 1.54) is 16.7 Å². The van der Waals surface area contributed by atoms with E-state index in [0.29, 0.717) is 6.54 Å². The van der Waals surface area contributed by atoms with Crippen LogP contribution in [0.15, 0.2) is 18.7 Å². The second kappa shape index (κ2) is 5.92. The highest BCUT2D eigenvalue weighted by Gasteiger charge is 2.24. The van der Waals surface area contributed by atoms with Gasteiger partial charge >= 0.3 is 6.09 Å². The summed E-state index contributed by atoms with van der Waals surface area (Å²) in [7, 11) is 0. The van der Waals surface area contributed by atoms with Crippen LogP contribution in [0, 0.1) is 6.92 Å². The van der Waals surface area contributed by atoms with E-state index in [-0.39, 0.29) is 6.09 Å². The molecule has 0 unspecified atom stereocenters. The van der Waals surface area contributed by atoms with Crippen LogP contribution in [0.5, 0.6) is 0 Å². The lowest BCUT2D eigenvalue weighted by molar-refractivity contribution is 0.0258. The number of carbonyl (C=O) groups is 1. The molecule has 0 radical (unpaired) electrons. The minimum atomic E-state index is -0.442. The first-order valence-electron chi connectivity index (χ1n) is 7.53. The topological polar surface area (TPSA) is 29.5 Å². The highest BCUT2D eigenvalue weighted by molar-refractivity contribution is 5.68. The number of rotatable bonds is 1. The van der Waals surface area contributed by atoms with E-state index in [4.69, 9.17) is 4.74 Å². The number of fused-ring (bicyclic) bond motifs is 1. The first kappa shape index (κ1) is 15.6. The second-order valence-corrected chi connectivity index (χ2v) is 6.65. The van der Waals surface area contributed by atoms with Crippen LogP contribution in [0.4, 0.5) is 4.79 Å². The molecule has 114 valence electrons. The van der Waals surface area contributed by atoms with Gasteiger partial charge in [-0.05, 0) is 62.8 Å². The number of amides is 1. The minimum absolute atomic E-state index is 0.211. The number of benzene rings is 1. The van der Waals surface area contributed by atoms with Crippen molar-refractivity contribution in [3.05, 3.63) is 41.0 Å². The lowest BCUT2D eigenvalue weighted by Crippen LogP contribution is -2.38. The molecule has 1 aromatic carbocycles. The lowest BCUT2D eigenvalue weighted by Gasteiger charge is -2.26. The van der Waals surface area contributed by atoms with Gasteiger partial charge in [0.05, 0.1) is 0 Å². The van der Waals surface area contributed by atoms with E-state index in [1.807, 2.05) is 31.7 Å². The van der Waals surface area contributed by atoms with Gasteiger partial charge in [0.2, 0.25) is 0 Å². The van der Waals surface area contributed by atoms with E-state index in [1.54, 1.807) is 0 Å². The molecule has 0 N–H and O–H groups in total. The summed E-state index contributed by atoms with van der Waals surface area (Å²) in [6.07, 6.45) is 3.43. The molecule has 1 aromatic rings. The molecule has 3 nitrogen and oxygen atoms in total. The maximum Gasteiger partial charge on any atom is 0.410 e. The Hall–Kier alpha value is -1.77. The molecule has 21 heavy (non-hydrogen) atoms. The summed E-state index contributed by atoms with van der Waals surface area (Å²) in [6, 6.07) is 4.35. The van der Waals surface area contributed by atoms with Crippen molar-refractivity contribution < 1.29 is 9.53 Å². The molecule has 3 heteroatoms. The Kier molecular flexibility index (Phi) is 4.40. The molecule has 0 aliphatic carbocycles. The van der Waals surface area contributed by atoms with Crippen molar-refractivity contribution in [2.75, 3.05) is 13.1 Å². The number of hydrogen-bond donors (Lipinski definition) is 0. The molecule has 0 saturated carbocycles. The molecule has 2 rings (SSSR count). The van der Waals surface area contributed by atoms with Crippen molar-refractivity contribution in [3.63, 3.8) is 0 Å². The summed E-state index contributed by atoms with van der Waals surface area (Å²) in [5, 5.41) is 0. The zero-order chi connectivity index (χ0) is 15.6. The number of nitrogens with zero attached hydrogens (tertiary/aromatic N) is 1. The summed E-state index contributed by atoms with van der Waals surface area (Å²) < 4.78 is 5.48. The largest absolute Gasteiger partial charge is 0.444 e. The quantitative estimate of drug-likeness (QED) is 0.782. The predicted octanol–water partition coefficient (Wildman–Crippen LogP) is 3.97. The highest BCUT2D eigenvalue weighted by atomic mass is 16.6. The lowest BCUT2D eigenvalue weighted by atomic mass is 9.95. The maximum atomic E-state index is 12.2. The van der Waals surface area contributed by atoms with Crippen LogP contribution in [0.2, 0.25) is 0 Å². The summed E-state index contributed by atoms with van der Waals surface area (Å²) in [5.41, 5.74) is 4.69. The molecule has 1 heterocycles. The van der Waals surface area contributed by atoms with Crippen LogP contribution in [-0.4, -0.2) is 29.7 Å². The third kappa shape index (κ3) is 3.87. The van der Waals surface area contributed by atoms with Crippen molar-refractivity contribution in [2.24, 2.45) is 0 Å². The van der Waals surface area contributed by atoms with Gasteiger partial charge < -0.3 is 9.64 Å². The molecule has 1 aliphatic heterocycles. The van der Waals surface area contributed by atoms with E-state index in [0.717, 1.165) is 24.9 Å². The molecule has 0 bridgehead atoms. The van der Waals surface area contributed by atoms with Crippen molar-refractivity contribution in [2.45, 2.75) is 46.1 Å². The number of aryl methyl sites for hydroxylation is 1. The molecule has 0 fully saturated rings. The van der Waals surface area contributed by atoms with Crippen molar-refractivity contribution >= 4 is 12.2 Å². The average molecular weight is 287 g/mol. The molecule has 0 atom stereocenters. The van der Waals surface area contributed by atoms with Gasteiger partial charge in [-0.2, -0.15) is 0 Å². The number of carbonyl (C=O) groups excluding carboxylic acids is 1. The minimum Gasteiger partial charge on any atom is -0.444 e. The fourth-order valence-electron chi connectivity index (χ4n) is 2.74. The van der Waals surface area contributed by atoms with Gasteiger partial charge in [-0.25, -0.2) is 4.79 Å². The van der Waals surface area contributed by atoms with Gasteiger partial charge in [0.1, 0.15) is 5.60 Å². The predicted molar refractivity (Wildman–Crippen MR) is 86.5 cm³/mol. The first-order valence-corrected chi connectivity index (χ1v) is 7.53. The fraction of sp³-hybridized carbons (Fsp3) is 0.500. The van der Waals surface area contributed by atoms with Gasteiger partial charge in [0.15, 0.2) is 0 Å².